The SMILES string of the molecule is O=C(NC[C@@H](O)CN1CCc2ccccc2C1)C1=CN=C=CC=C1. The molecule has 2 heterocycles. The fourth-order valence-electron chi connectivity index (χ4n) is 2.91. The van der Waals surface area contributed by atoms with Crippen molar-refractivity contribution in [2.75, 3.05) is 19.6 Å². The van der Waals surface area contributed by atoms with Crippen molar-refractivity contribution in [1.29, 1.82) is 0 Å². The van der Waals surface area contributed by atoms with Crippen LogP contribution in [0, 0.1) is 0 Å². The number of rotatable bonds is 5. The lowest BCUT2D eigenvalue weighted by Crippen LogP contribution is -2.42. The summed E-state index contributed by atoms with van der Waals surface area (Å²) in [5.41, 5.74) is 3.16. The number of hydrogen-bond donors (Lipinski definition) is 2. The summed E-state index contributed by atoms with van der Waals surface area (Å²) in [6, 6.07) is 8.41. The Morgan fingerprint density at radius 1 is 1.38 bits per heavy atom. The van der Waals surface area contributed by atoms with E-state index >= 15 is 0 Å². The van der Waals surface area contributed by atoms with Crippen LogP contribution < -0.4 is 5.32 Å². The molecular weight excluding hydrogens is 302 g/mol. The van der Waals surface area contributed by atoms with Crippen molar-refractivity contribution in [3.8, 4) is 0 Å². The molecule has 0 aliphatic carbocycles. The summed E-state index contributed by atoms with van der Waals surface area (Å²) in [6.07, 6.45) is 6.88. The Hall–Kier alpha value is -2.46. The van der Waals surface area contributed by atoms with Gasteiger partial charge in [0.05, 0.1) is 11.7 Å². The maximum absolute atomic E-state index is 12.1. The molecule has 124 valence electrons. The van der Waals surface area contributed by atoms with Gasteiger partial charge in [-0.2, -0.15) is 0 Å². The molecule has 1 atom stereocenters. The maximum atomic E-state index is 12.1. The minimum absolute atomic E-state index is 0.222. The molecule has 0 aromatic heterocycles. The van der Waals surface area contributed by atoms with Crippen molar-refractivity contribution in [3.05, 3.63) is 65.4 Å². The Kier molecular flexibility index (Phi) is 5.39. The average molecular weight is 323 g/mol. The molecule has 0 bridgehead atoms. The zero-order chi connectivity index (χ0) is 16.8. The molecule has 0 unspecified atom stereocenters. The minimum atomic E-state index is -0.601. The van der Waals surface area contributed by atoms with Crippen LogP contribution in [0.15, 0.2) is 59.3 Å². The Morgan fingerprint density at radius 2 is 2.21 bits per heavy atom. The molecule has 0 saturated carbocycles. The Balaban J connectivity index is 1.46. The van der Waals surface area contributed by atoms with Crippen molar-refractivity contribution in [2.24, 2.45) is 4.99 Å². The molecule has 0 spiro atoms. The summed E-state index contributed by atoms with van der Waals surface area (Å²) < 4.78 is 0. The van der Waals surface area contributed by atoms with E-state index in [1.165, 1.54) is 17.3 Å². The molecule has 2 aliphatic rings. The number of nitrogens with zero attached hydrogens (tertiary/aromatic N) is 2. The first kappa shape index (κ1) is 16.4. The first-order chi connectivity index (χ1) is 11.7. The van der Waals surface area contributed by atoms with Crippen LogP contribution in [0.4, 0.5) is 0 Å². The molecule has 0 saturated heterocycles. The number of hydrogen-bond acceptors (Lipinski definition) is 4. The van der Waals surface area contributed by atoms with Crippen LogP contribution in [0.1, 0.15) is 11.1 Å². The van der Waals surface area contributed by atoms with Gasteiger partial charge in [-0.3, -0.25) is 9.69 Å². The maximum Gasteiger partial charge on any atom is 0.252 e. The summed E-state index contributed by atoms with van der Waals surface area (Å²) in [4.78, 5) is 18.1. The van der Waals surface area contributed by atoms with E-state index in [0.29, 0.717) is 12.1 Å². The second kappa shape index (κ2) is 7.88. The van der Waals surface area contributed by atoms with Crippen molar-refractivity contribution in [1.82, 2.24) is 10.2 Å². The summed E-state index contributed by atoms with van der Waals surface area (Å²) in [7, 11) is 0. The van der Waals surface area contributed by atoms with E-state index < -0.39 is 6.10 Å². The number of aliphatic hydroxyl groups excluding tert-OH is 1. The highest BCUT2D eigenvalue weighted by atomic mass is 16.3. The number of carbonyl (C=O) groups excluding carboxylic acids is 1. The lowest BCUT2D eigenvalue weighted by molar-refractivity contribution is -0.117. The lowest BCUT2D eigenvalue weighted by atomic mass is 10.00. The van der Waals surface area contributed by atoms with Gasteiger partial charge in [0.15, 0.2) is 0 Å². The minimum Gasteiger partial charge on any atom is -0.390 e. The Labute approximate surface area is 141 Å². The standard InChI is InChI=1S/C19H21N3O2/c23-18(12-21-19(24)16-6-3-4-9-20-11-16)14-22-10-8-15-5-1-2-7-17(15)13-22/h1-7,11,18,23H,8,10,12-14H2,(H,21,24)/t18-/m1/s1. The lowest BCUT2D eigenvalue weighted by Gasteiger charge is -2.30. The second-order valence-corrected chi connectivity index (χ2v) is 5.99. The van der Waals surface area contributed by atoms with Crippen LogP contribution >= 0.6 is 0 Å². The number of β-amino-alcohol motifs (C(OH)–C–C–N with tert-alkyl or cyclic N) is 1. The smallest absolute Gasteiger partial charge is 0.252 e. The van der Waals surface area contributed by atoms with Gasteiger partial charge in [-0.05, 0) is 35.6 Å². The number of nitrogens with one attached hydrogen (secondary N) is 1. The first-order valence-corrected chi connectivity index (χ1v) is 8.13. The van der Waals surface area contributed by atoms with Crippen LogP contribution in [0.5, 0.6) is 0 Å². The molecule has 0 radical (unpaired) electrons. The molecule has 1 aromatic rings. The zero-order valence-corrected chi connectivity index (χ0v) is 13.5. The van der Waals surface area contributed by atoms with Crippen LogP contribution in [0.25, 0.3) is 0 Å². The molecule has 3 rings (SSSR count). The Morgan fingerprint density at radius 3 is 3.08 bits per heavy atom. The largest absolute Gasteiger partial charge is 0.390 e. The summed E-state index contributed by atoms with van der Waals surface area (Å²) in [5.74, 6) is 2.42. The highest BCUT2D eigenvalue weighted by molar-refractivity contribution is 5.96. The number of fused-ring (bicyclic) bond motifs is 1. The summed E-state index contributed by atoms with van der Waals surface area (Å²) >= 11 is 0. The van der Waals surface area contributed by atoms with Gasteiger partial charge >= 0.3 is 0 Å². The number of amides is 1. The van der Waals surface area contributed by atoms with Crippen molar-refractivity contribution < 1.29 is 9.90 Å². The average Bonchev–Trinajstić information content (AvgIpc) is 2.89. The van der Waals surface area contributed by atoms with Crippen molar-refractivity contribution in [3.63, 3.8) is 0 Å². The number of allylic oxidation sites excluding steroid dienone is 2. The number of benzene rings is 1. The normalized spacial score (nSPS) is 17.8. The Bertz CT molecular complexity index is 730. The number of aliphatic imine (C=N–C) groups is 1. The van der Waals surface area contributed by atoms with E-state index in [2.05, 4.69) is 39.3 Å². The topological polar surface area (TPSA) is 64.9 Å². The van der Waals surface area contributed by atoms with E-state index in [1.54, 1.807) is 18.2 Å². The summed E-state index contributed by atoms with van der Waals surface area (Å²) in [5, 5.41) is 13.0. The fourth-order valence-corrected chi connectivity index (χ4v) is 2.91. The third kappa shape index (κ3) is 4.30. The monoisotopic (exact) mass is 323 g/mol. The highest BCUT2D eigenvalue weighted by Gasteiger charge is 2.19. The number of carbonyl (C=O) groups is 1. The van der Waals surface area contributed by atoms with E-state index in [9.17, 15) is 9.90 Å². The van der Waals surface area contributed by atoms with Gasteiger partial charge in [0.25, 0.3) is 5.91 Å². The second-order valence-electron chi connectivity index (χ2n) is 5.99. The van der Waals surface area contributed by atoms with Gasteiger partial charge in [-0.15, -0.1) is 0 Å². The van der Waals surface area contributed by atoms with Gasteiger partial charge in [0.2, 0.25) is 0 Å². The molecule has 2 N–H and O–H groups in total. The molecule has 1 amide bonds. The molecular formula is C19H21N3O2. The van der Waals surface area contributed by atoms with Crippen LogP contribution in [0.2, 0.25) is 0 Å². The van der Waals surface area contributed by atoms with E-state index in [1.807, 2.05) is 6.07 Å². The molecule has 5 heteroatoms. The molecule has 24 heavy (non-hydrogen) atoms. The van der Waals surface area contributed by atoms with Gasteiger partial charge in [0.1, 0.15) is 0 Å². The van der Waals surface area contributed by atoms with E-state index in [0.717, 1.165) is 19.5 Å². The molecule has 5 nitrogen and oxygen atoms in total. The predicted octanol–water partition coefficient (Wildman–Crippen LogP) is 1.20. The quantitative estimate of drug-likeness (QED) is 0.856. The third-order valence-electron chi connectivity index (χ3n) is 4.16. The van der Waals surface area contributed by atoms with Crippen LogP contribution in [0.3, 0.4) is 0 Å². The van der Waals surface area contributed by atoms with E-state index in [4.69, 9.17) is 0 Å². The van der Waals surface area contributed by atoms with Gasteiger partial charge in [0, 0.05) is 32.4 Å². The predicted molar refractivity (Wildman–Crippen MR) is 93.7 cm³/mol. The molecule has 0 fully saturated rings. The zero-order valence-electron chi connectivity index (χ0n) is 13.5. The van der Waals surface area contributed by atoms with Gasteiger partial charge in [-0.25, -0.2) is 4.99 Å². The molecule has 1 aromatic carbocycles. The van der Waals surface area contributed by atoms with Crippen LogP contribution in [-0.4, -0.2) is 47.5 Å². The highest BCUT2D eigenvalue weighted by Crippen LogP contribution is 2.18. The number of aliphatic hydroxyl groups is 1. The van der Waals surface area contributed by atoms with Crippen molar-refractivity contribution >= 4 is 11.8 Å². The molecule has 2 aliphatic heterocycles. The van der Waals surface area contributed by atoms with E-state index in [-0.39, 0.29) is 12.5 Å². The van der Waals surface area contributed by atoms with Crippen LogP contribution in [-0.2, 0) is 17.8 Å². The van der Waals surface area contributed by atoms with Gasteiger partial charge < -0.3 is 10.4 Å². The van der Waals surface area contributed by atoms with Gasteiger partial charge in [-0.1, -0.05) is 30.3 Å². The first-order valence-electron chi connectivity index (χ1n) is 8.13. The van der Waals surface area contributed by atoms with Crippen molar-refractivity contribution in [2.45, 2.75) is 19.1 Å². The fraction of sp³-hybridized carbons (Fsp3) is 0.316. The summed E-state index contributed by atoms with van der Waals surface area (Å²) in [6.45, 7) is 2.54. The third-order valence-corrected chi connectivity index (χ3v) is 4.16.